The van der Waals surface area contributed by atoms with Gasteiger partial charge >= 0.3 is 0 Å². The number of primary amides is 1. The van der Waals surface area contributed by atoms with E-state index in [0.717, 1.165) is 17.2 Å². The SMILES string of the molecule is CCCOc1c(OC)cc(-c2nc(C(N)=O)cc3cc4c(cc23)OCCO4)cc1OC. The van der Waals surface area contributed by atoms with Crippen molar-refractivity contribution in [1.29, 1.82) is 0 Å². The van der Waals surface area contributed by atoms with E-state index in [0.29, 0.717) is 59.8 Å². The van der Waals surface area contributed by atoms with E-state index in [4.69, 9.17) is 29.4 Å². The molecule has 0 spiro atoms. The molecule has 1 aromatic heterocycles. The zero-order valence-corrected chi connectivity index (χ0v) is 17.7. The molecule has 8 nitrogen and oxygen atoms in total. The van der Waals surface area contributed by atoms with Crippen LogP contribution in [0.15, 0.2) is 30.3 Å². The van der Waals surface area contributed by atoms with Crippen molar-refractivity contribution >= 4 is 16.7 Å². The van der Waals surface area contributed by atoms with Crippen LogP contribution in [-0.4, -0.2) is 44.9 Å². The van der Waals surface area contributed by atoms with E-state index in [2.05, 4.69) is 4.98 Å². The lowest BCUT2D eigenvalue weighted by molar-refractivity contribution is 0.0996. The Morgan fingerprint density at radius 1 is 1.03 bits per heavy atom. The summed E-state index contributed by atoms with van der Waals surface area (Å²) in [5.41, 5.74) is 6.92. The molecule has 162 valence electrons. The number of ether oxygens (including phenoxy) is 5. The summed E-state index contributed by atoms with van der Waals surface area (Å²) in [6.07, 6.45) is 0.841. The molecule has 2 aromatic carbocycles. The summed E-state index contributed by atoms with van der Waals surface area (Å²) in [6, 6.07) is 8.94. The fraction of sp³-hybridized carbons (Fsp3) is 0.304. The van der Waals surface area contributed by atoms with Crippen LogP contribution < -0.4 is 29.4 Å². The maximum absolute atomic E-state index is 12.0. The number of hydrogen-bond acceptors (Lipinski definition) is 7. The second kappa shape index (κ2) is 8.59. The van der Waals surface area contributed by atoms with Gasteiger partial charge < -0.3 is 29.4 Å². The van der Waals surface area contributed by atoms with Gasteiger partial charge in [-0.25, -0.2) is 4.98 Å². The van der Waals surface area contributed by atoms with Gasteiger partial charge in [0.15, 0.2) is 23.0 Å². The van der Waals surface area contributed by atoms with Gasteiger partial charge in [-0.1, -0.05) is 6.92 Å². The largest absolute Gasteiger partial charge is 0.493 e. The van der Waals surface area contributed by atoms with Crippen molar-refractivity contribution in [3.8, 4) is 40.0 Å². The number of carbonyl (C=O) groups excluding carboxylic acids is 1. The molecule has 1 amide bonds. The third-order valence-electron chi connectivity index (χ3n) is 4.93. The summed E-state index contributed by atoms with van der Waals surface area (Å²) >= 11 is 0. The molecule has 8 heteroatoms. The molecule has 1 aliphatic heterocycles. The van der Waals surface area contributed by atoms with Crippen LogP contribution in [0.2, 0.25) is 0 Å². The molecule has 1 aliphatic rings. The highest BCUT2D eigenvalue weighted by atomic mass is 16.6. The van der Waals surface area contributed by atoms with Crippen LogP contribution in [0.25, 0.3) is 22.0 Å². The molecule has 0 saturated carbocycles. The van der Waals surface area contributed by atoms with Crippen molar-refractivity contribution in [1.82, 2.24) is 4.98 Å². The highest BCUT2D eigenvalue weighted by Crippen LogP contribution is 2.44. The van der Waals surface area contributed by atoms with E-state index in [1.807, 2.05) is 19.1 Å². The molecular formula is C23H24N2O6. The van der Waals surface area contributed by atoms with E-state index >= 15 is 0 Å². The first-order valence-electron chi connectivity index (χ1n) is 9.99. The standard InChI is InChI=1S/C23H24N2O6/c1-4-5-31-22-19(27-2)10-14(11-20(22)28-3)21-15-12-18-17(29-6-7-30-18)9-13(15)8-16(25-21)23(24)26/h8-12H,4-7H2,1-3H3,(H2,24,26). The number of nitrogens with two attached hydrogens (primary N) is 1. The van der Waals surface area contributed by atoms with Crippen LogP contribution in [0, 0.1) is 0 Å². The molecular weight excluding hydrogens is 400 g/mol. The summed E-state index contributed by atoms with van der Waals surface area (Å²) in [6.45, 7) is 3.47. The number of hydrogen-bond donors (Lipinski definition) is 1. The van der Waals surface area contributed by atoms with Crippen LogP contribution in [0.3, 0.4) is 0 Å². The summed E-state index contributed by atoms with van der Waals surface area (Å²) in [7, 11) is 3.12. The Hall–Kier alpha value is -3.68. The van der Waals surface area contributed by atoms with Crippen molar-refractivity contribution in [2.75, 3.05) is 34.0 Å². The topological polar surface area (TPSA) is 102 Å². The molecule has 2 N–H and O–H groups in total. The van der Waals surface area contributed by atoms with Gasteiger partial charge in [0.1, 0.15) is 18.9 Å². The molecule has 0 radical (unpaired) electrons. The maximum atomic E-state index is 12.0. The number of fused-ring (bicyclic) bond motifs is 2. The van der Waals surface area contributed by atoms with Crippen LogP contribution in [-0.2, 0) is 0 Å². The molecule has 0 fully saturated rings. The molecule has 31 heavy (non-hydrogen) atoms. The number of rotatable bonds is 7. The van der Waals surface area contributed by atoms with Gasteiger partial charge in [-0.3, -0.25) is 4.79 Å². The van der Waals surface area contributed by atoms with E-state index in [-0.39, 0.29) is 5.69 Å². The quantitative estimate of drug-likeness (QED) is 0.618. The fourth-order valence-corrected chi connectivity index (χ4v) is 3.50. The lowest BCUT2D eigenvalue weighted by Crippen LogP contribution is -2.16. The average molecular weight is 424 g/mol. The third-order valence-corrected chi connectivity index (χ3v) is 4.93. The Balaban J connectivity index is 1.96. The van der Waals surface area contributed by atoms with Crippen molar-refractivity contribution in [3.05, 3.63) is 36.0 Å². The van der Waals surface area contributed by atoms with Crippen molar-refractivity contribution in [3.63, 3.8) is 0 Å². The first kappa shape index (κ1) is 20.6. The minimum Gasteiger partial charge on any atom is -0.493 e. The van der Waals surface area contributed by atoms with Crippen molar-refractivity contribution in [2.45, 2.75) is 13.3 Å². The number of benzene rings is 2. The Morgan fingerprint density at radius 2 is 1.68 bits per heavy atom. The number of carbonyl (C=O) groups is 1. The third kappa shape index (κ3) is 3.88. The van der Waals surface area contributed by atoms with E-state index in [1.165, 1.54) is 0 Å². The molecule has 3 aromatic rings. The molecule has 0 saturated heterocycles. The predicted octanol–water partition coefficient (Wildman–Crippen LogP) is 3.58. The molecule has 0 bridgehead atoms. The number of aromatic nitrogens is 1. The summed E-state index contributed by atoms with van der Waals surface area (Å²) in [5.74, 6) is 2.12. The first-order chi connectivity index (χ1) is 15.0. The highest BCUT2D eigenvalue weighted by molar-refractivity contribution is 6.02. The molecule has 0 unspecified atom stereocenters. The normalized spacial score (nSPS) is 12.5. The second-order valence-corrected chi connectivity index (χ2v) is 7.00. The number of nitrogens with zero attached hydrogens (tertiary/aromatic N) is 1. The smallest absolute Gasteiger partial charge is 0.267 e. The summed E-state index contributed by atoms with van der Waals surface area (Å²) in [4.78, 5) is 16.5. The highest BCUT2D eigenvalue weighted by Gasteiger charge is 2.21. The minimum absolute atomic E-state index is 0.142. The van der Waals surface area contributed by atoms with Crippen LogP contribution >= 0.6 is 0 Å². The Morgan fingerprint density at radius 3 is 2.26 bits per heavy atom. The van der Waals surface area contributed by atoms with Gasteiger partial charge in [0.25, 0.3) is 5.91 Å². The maximum Gasteiger partial charge on any atom is 0.267 e. The molecule has 0 atom stereocenters. The van der Waals surface area contributed by atoms with Crippen molar-refractivity contribution < 1.29 is 28.5 Å². The summed E-state index contributed by atoms with van der Waals surface area (Å²) in [5, 5.41) is 1.54. The molecule has 0 aliphatic carbocycles. The first-order valence-corrected chi connectivity index (χ1v) is 9.99. The van der Waals surface area contributed by atoms with Crippen LogP contribution in [0.5, 0.6) is 28.7 Å². The average Bonchev–Trinajstić information content (AvgIpc) is 2.79. The van der Waals surface area contributed by atoms with Crippen LogP contribution in [0.1, 0.15) is 23.8 Å². The number of amides is 1. The van der Waals surface area contributed by atoms with Gasteiger partial charge in [0, 0.05) is 10.9 Å². The number of pyridine rings is 1. The van der Waals surface area contributed by atoms with E-state index < -0.39 is 5.91 Å². The van der Waals surface area contributed by atoms with Gasteiger partial charge in [0.05, 0.1) is 26.5 Å². The molecule has 2 heterocycles. The zero-order valence-electron chi connectivity index (χ0n) is 17.7. The Labute approximate surface area is 179 Å². The monoisotopic (exact) mass is 424 g/mol. The summed E-state index contributed by atoms with van der Waals surface area (Å²) < 4.78 is 28.4. The van der Waals surface area contributed by atoms with Crippen LogP contribution in [0.4, 0.5) is 0 Å². The lowest BCUT2D eigenvalue weighted by atomic mass is 10.0. The minimum atomic E-state index is -0.625. The second-order valence-electron chi connectivity index (χ2n) is 7.00. The van der Waals surface area contributed by atoms with Crippen molar-refractivity contribution in [2.24, 2.45) is 5.73 Å². The van der Waals surface area contributed by atoms with E-state index in [1.54, 1.807) is 32.4 Å². The van der Waals surface area contributed by atoms with Gasteiger partial charge in [-0.05, 0) is 42.1 Å². The van der Waals surface area contributed by atoms with Gasteiger partial charge in [0.2, 0.25) is 5.75 Å². The molecule has 4 rings (SSSR count). The Bertz CT molecular complexity index is 1120. The van der Waals surface area contributed by atoms with Gasteiger partial charge in [-0.15, -0.1) is 0 Å². The Kier molecular flexibility index (Phi) is 5.70. The van der Waals surface area contributed by atoms with E-state index in [9.17, 15) is 4.79 Å². The zero-order chi connectivity index (χ0) is 22.0. The predicted molar refractivity (Wildman–Crippen MR) is 116 cm³/mol. The fourth-order valence-electron chi connectivity index (χ4n) is 3.50. The number of methoxy groups -OCH3 is 2. The lowest BCUT2D eigenvalue weighted by Gasteiger charge is -2.20. The van der Waals surface area contributed by atoms with Gasteiger partial charge in [-0.2, -0.15) is 0 Å².